The molecule has 0 bridgehead atoms. The molecule has 5 atom stereocenters. The van der Waals surface area contributed by atoms with Gasteiger partial charge in [-0.05, 0) is 31.2 Å². The SMILES string of the molecule is CC(=O)OC[C@H]1O[C@@H](Sc2ccc(C)cc2)[C@H](OC(=O)c2ccccc2)[C@@H](OC(C)=O)[C@H]1OC(C)=O. The van der Waals surface area contributed by atoms with Crippen LogP contribution in [0.15, 0.2) is 59.5 Å². The van der Waals surface area contributed by atoms with E-state index in [0.717, 1.165) is 10.5 Å². The van der Waals surface area contributed by atoms with Crippen LogP contribution in [0.1, 0.15) is 36.7 Å². The topological polar surface area (TPSA) is 114 Å². The third kappa shape index (κ3) is 7.56. The summed E-state index contributed by atoms with van der Waals surface area (Å²) in [6, 6.07) is 15.9. The molecule has 192 valence electrons. The summed E-state index contributed by atoms with van der Waals surface area (Å²) in [6.07, 6.45) is -4.58. The molecule has 0 spiro atoms. The molecule has 0 unspecified atom stereocenters. The minimum atomic E-state index is -1.23. The van der Waals surface area contributed by atoms with E-state index < -0.39 is 53.7 Å². The van der Waals surface area contributed by atoms with Gasteiger partial charge in [0.2, 0.25) is 0 Å². The molecule has 0 N–H and O–H groups in total. The van der Waals surface area contributed by atoms with E-state index in [9.17, 15) is 19.2 Å². The summed E-state index contributed by atoms with van der Waals surface area (Å²) in [5, 5.41) is 0. The quantitative estimate of drug-likeness (QED) is 0.382. The van der Waals surface area contributed by atoms with E-state index in [1.54, 1.807) is 30.3 Å². The fourth-order valence-corrected chi connectivity index (χ4v) is 4.71. The van der Waals surface area contributed by atoms with Gasteiger partial charge < -0.3 is 23.7 Å². The Morgan fingerprint density at radius 1 is 0.778 bits per heavy atom. The van der Waals surface area contributed by atoms with Crippen molar-refractivity contribution in [3.8, 4) is 0 Å². The second-order valence-electron chi connectivity index (χ2n) is 8.16. The normalized spacial score (nSPS) is 23.3. The average Bonchev–Trinajstić information content (AvgIpc) is 2.82. The van der Waals surface area contributed by atoms with Crippen LogP contribution in [0.3, 0.4) is 0 Å². The van der Waals surface area contributed by atoms with Gasteiger partial charge in [0.1, 0.15) is 18.1 Å². The fraction of sp³-hybridized carbons (Fsp3) is 0.385. The first-order chi connectivity index (χ1) is 17.1. The maximum Gasteiger partial charge on any atom is 0.338 e. The number of carbonyl (C=O) groups excluding carboxylic acids is 4. The average molecular weight is 517 g/mol. The Kier molecular flexibility index (Phi) is 9.49. The van der Waals surface area contributed by atoms with Crippen molar-refractivity contribution < 1.29 is 42.9 Å². The van der Waals surface area contributed by atoms with Gasteiger partial charge in [-0.1, -0.05) is 47.7 Å². The summed E-state index contributed by atoms with van der Waals surface area (Å²) >= 11 is 1.24. The number of ether oxygens (including phenoxy) is 5. The summed E-state index contributed by atoms with van der Waals surface area (Å²) in [6.45, 7) is 5.29. The van der Waals surface area contributed by atoms with Crippen LogP contribution >= 0.6 is 11.8 Å². The first-order valence-corrected chi connectivity index (χ1v) is 12.1. The van der Waals surface area contributed by atoms with Crippen LogP contribution in [-0.4, -0.2) is 60.3 Å². The molecule has 0 saturated carbocycles. The summed E-state index contributed by atoms with van der Waals surface area (Å²) in [5.41, 5.74) is 0.442. The monoisotopic (exact) mass is 516 g/mol. The zero-order valence-corrected chi connectivity index (χ0v) is 21.2. The van der Waals surface area contributed by atoms with Gasteiger partial charge in [0.25, 0.3) is 0 Å². The first-order valence-electron chi connectivity index (χ1n) is 11.3. The largest absolute Gasteiger partial charge is 0.463 e. The Morgan fingerprint density at radius 3 is 1.97 bits per heavy atom. The highest BCUT2D eigenvalue weighted by Crippen LogP contribution is 2.38. The van der Waals surface area contributed by atoms with Crippen LogP contribution < -0.4 is 0 Å². The van der Waals surface area contributed by atoms with Crippen molar-refractivity contribution in [3.05, 3.63) is 65.7 Å². The van der Waals surface area contributed by atoms with Crippen molar-refractivity contribution in [2.24, 2.45) is 0 Å². The molecular formula is C26H28O9S. The summed E-state index contributed by atoms with van der Waals surface area (Å²) in [4.78, 5) is 49.3. The summed E-state index contributed by atoms with van der Waals surface area (Å²) in [7, 11) is 0. The second kappa shape index (κ2) is 12.5. The molecule has 1 saturated heterocycles. The van der Waals surface area contributed by atoms with E-state index in [2.05, 4.69) is 0 Å². The van der Waals surface area contributed by atoms with E-state index in [1.807, 2.05) is 31.2 Å². The Morgan fingerprint density at radius 2 is 1.39 bits per heavy atom. The summed E-state index contributed by atoms with van der Waals surface area (Å²) < 4.78 is 28.1. The van der Waals surface area contributed by atoms with E-state index >= 15 is 0 Å². The van der Waals surface area contributed by atoms with Crippen molar-refractivity contribution in [1.29, 1.82) is 0 Å². The molecule has 10 heteroatoms. The number of carbonyl (C=O) groups is 4. The second-order valence-corrected chi connectivity index (χ2v) is 9.33. The van der Waals surface area contributed by atoms with Crippen molar-refractivity contribution in [2.75, 3.05) is 6.61 Å². The Labute approximate surface area is 213 Å². The van der Waals surface area contributed by atoms with Gasteiger partial charge >= 0.3 is 23.9 Å². The van der Waals surface area contributed by atoms with Crippen LogP contribution in [0.25, 0.3) is 0 Å². The van der Waals surface area contributed by atoms with E-state index in [0.29, 0.717) is 0 Å². The third-order valence-corrected chi connectivity index (χ3v) is 6.33. The molecule has 1 heterocycles. The molecular weight excluding hydrogens is 488 g/mol. The molecule has 2 aromatic carbocycles. The molecule has 1 aliphatic rings. The highest BCUT2D eigenvalue weighted by Gasteiger charge is 2.52. The van der Waals surface area contributed by atoms with Gasteiger partial charge in [-0.3, -0.25) is 14.4 Å². The molecule has 0 radical (unpaired) electrons. The van der Waals surface area contributed by atoms with E-state index in [1.165, 1.54) is 32.5 Å². The molecule has 0 aliphatic carbocycles. The number of hydrogen-bond donors (Lipinski definition) is 0. The van der Waals surface area contributed by atoms with Gasteiger partial charge in [0.05, 0.1) is 5.56 Å². The molecule has 1 aliphatic heterocycles. The van der Waals surface area contributed by atoms with Crippen molar-refractivity contribution in [1.82, 2.24) is 0 Å². The standard InChI is InChI=1S/C26H28O9S/c1-15-10-12-20(13-11-15)36-26-24(35-25(30)19-8-6-5-7-9-19)23(33-18(4)29)22(32-17(3)28)21(34-26)14-31-16(2)27/h5-13,21-24,26H,14H2,1-4H3/t21-,22+,23+,24-,26+/m1/s1. The predicted molar refractivity (Wildman–Crippen MR) is 129 cm³/mol. The van der Waals surface area contributed by atoms with Gasteiger partial charge in [0, 0.05) is 25.7 Å². The highest BCUT2D eigenvalue weighted by atomic mass is 32.2. The third-order valence-electron chi connectivity index (χ3n) is 5.17. The number of aryl methyl sites for hydroxylation is 1. The molecule has 2 aromatic rings. The lowest BCUT2D eigenvalue weighted by Gasteiger charge is -2.44. The van der Waals surface area contributed by atoms with Gasteiger partial charge in [-0.2, -0.15) is 0 Å². The number of esters is 4. The van der Waals surface area contributed by atoms with Crippen LogP contribution in [0.5, 0.6) is 0 Å². The van der Waals surface area contributed by atoms with Crippen molar-refractivity contribution in [3.63, 3.8) is 0 Å². The number of thioether (sulfide) groups is 1. The zero-order chi connectivity index (χ0) is 26.2. The van der Waals surface area contributed by atoms with Crippen LogP contribution in [0, 0.1) is 6.92 Å². The molecule has 0 amide bonds. The van der Waals surface area contributed by atoms with Crippen molar-refractivity contribution in [2.45, 2.75) is 62.4 Å². The highest BCUT2D eigenvalue weighted by molar-refractivity contribution is 7.99. The summed E-state index contributed by atoms with van der Waals surface area (Å²) in [5.74, 6) is -2.59. The van der Waals surface area contributed by atoms with Crippen LogP contribution in [-0.2, 0) is 38.1 Å². The first kappa shape index (κ1) is 27.2. The minimum absolute atomic E-state index is 0.268. The van der Waals surface area contributed by atoms with Gasteiger partial charge in [-0.25, -0.2) is 4.79 Å². The number of hydrogen-bond acceptors (Lipinski definition) is 10. The zero-order valence-electron chi connectivity index (χ0n) is 20.4. The number of rotatable bonds is 8. The van der Waals surface area contributed by atoms with Gasteiger partial charge in [-0.15, -0.1) is 0 Å². The van der Waals surface area contributed by atoms with Crippen molar-refractivity contribution >= 4 is 35.6 Å². The maximum atomic E-state index is 13.0. The lowest BCUT2D eigenvalue weighted by Crippen LogP contribution is -2.61. The molecule has 0 aromatic heterocycles. The minimum Gasteiger partial charge on any atom is -0.463 e. The van der Waals surface area contributed by atoms with Crippen LogP contribution in [0.2, 0.25) is 0 Å². The van der Waals surface area contributed by atoms with E-state index in [-0.39, 0.29) is 12.2 Å². The molecule has 3 rings (SSSR count). The smallest absolute Gasteiger partial charge is 0.338 e. The molecule has 1 fully saturated rings. The van der Waals surface area contributed by atoms with E-state index in [4.69, 9.17) is 23.7 Å². The Balaban J connectivity index is 2.01. The fourth-order valence-electron chi connectivity index (χ4n) is 3.61. The van der Waals surface area contributed by atoms with Gasteiger partial charge in [0.15, 0.2) is 18.3 Å². The lowest BCUT2D eigenvalue weighted by molar-refractivity contribution is -0.231. The number of benzene rings is 2. The maximum absolute atomic E-state index is 13.0. The Bertz CT molecular complexity index is 1070. The lowest BCUT2D eigenvalue weighted by atomic mass is 9.99. The van der Waals surface area contributed by atoms with Crippen LogP contribution in [0.4, 0.5) is 0 Å². The Hall–Kier alpha value is -3.37. The molecule has 36 heavy (non-hydrogen) atoms. The molecule has 9 nitrogen and oxygen atoms in total. The predicted octanol–water partition coefficient (Wildman–Crippen LogP) is 3.46.